The van der Waals surface area contributed by atoms with E-state index in [0.717, 1.165) is 25.0 Å². The molecule has 1 aliphatic carbocycles. The summed E-state index contributed by atoms with van der Waals surface area (Å²) in [4.78, 5) is 21.6. The van der Waals surface area contributed by atoms with Crippen molar-refractivity contribution < 1.29 is 4.79 Å². The van der Waals surface area contributed by atoms with E-state index in [1.54, 1.807) is 24.5 Å². The number of halogens is 2. The van der Waals surface area contributed by atoms with Crippen LogP contribution in [0.1, 0.15) is 27.3 Å². The van der Waals surface area contributed by atoms with Gasteiger partial charge in [-0.25, -0.2) is 4.98 Å². The third-order valence-electron chi connectivity index (χ3n) is 3.12. The molecule has 2 heterocycles. The summed E-state index contributed by atoms with van der Waals surface area (Å²) in [6, 6.07) is 3.68. The second-order valence-corrected chi connectivity index (χ2v) is 5.67. The van der Waals surface area contributed by atoms with Crippen molar-refractivity contribution in [2.24, 2.45) is 5.73 Å². The van der Waals surface area contributed by atoms with Crippen LogP contribution in [0.5, 0.6) is 0 Å². The number of carbonyl (C=O) groups excluding carboxylic acids is 1. The van der Waals surface area contributed by atoms with Gasteiger partial charge in [-0.1, -0.05) is 0 Å². The van der Waals surface area contributed by atoms with Crippen LogP contribution in [0.15, 0.2) is 24.5 Å². The Morgan fingerprint density at radius 1 is 1.43 bits per heavy atom. The van der Waals surface area contributed by atoms with Gasteiger partial charge in [0.1, 0.15) is 0 Å². The number of carbonyl (C=O) groups is 1. The van der Waals surface area contributed by atoms with Gasteiger partial charge in [0.25, 0.3) is 5.91 Å². The molecule has 114 valence electrons. The van der Waals surface area contributed by atoms with E-state index >= 15 is 0 Å². The van der Waals surface area contributed by atoms with Gasteiger partial charge in [-0.15, -0.1) is 36.2 Å². The van der Waals surface area contributed by atoms with Crippen molar-refractivity contribution in [1.29, 1.82) is 0 Å². The zero-order valence-electron chi connectivity index (χ0n) is 11.1. The number of pyridine rings is 1. The van der Waals surface area contributed by atoms with Gasteiger partial charge in [-0.05, 0) is 31.4 Å². The van der Waals surface area contributed by atoms with Crippen LogP contribution in [-0.4, -0.2) is 21.9 Å². The molecule has 1 atom stereocenters. The molecule has 0 fully saturated rings. The quantitative estimate of drug-likeness (QED) is 0.874. The van der Waals surface area contributed by atoms with Gasteiger partial charge in [-0.3, -0.25) is 15.1 Å². The molecule has 2 aromatic rings. The number of nitrogens with one attached hydrogen (secondary N) is 1. The van der Waals surface area contributed by atoms with Crippen LogP contribution in [0.3, 0.4) is 0 Å². The summed E-state index contributed by atoms with van der Waals surface area (Å²) in [5, 5.41) is 3.46. The van der Waals surface area contributed by atoms with Crippen molar-refractivity contribution in [3.63, 3.8) is 0 Å². The summed E-state index contributed by atoms with van der Waals surface area (Å²) in [5.74, 6) is -0.177. The molecule has 0 spiro atoms. The maximum absolute atomic E-state index is 12.0. The van der Waals surface area contributed by atoms with Gasteiger partial charge in [0.05, 0.1) is 11.3 Å². The molecule has 0 radical (unpaired) electrons. The summed E-state index contributed by atoms with van der Waals surface area (Å²) >= 11 is 1.52. The van der Waals surface area contributed by atoms with Crippen LogP contribution in [0, 0.1) is 0 Å². The lowest BCUT2D eigenvalue weighted by Gasteiger charge is -2.15. The molecule has 1 aliphatic rings. The molecule has 8 heteroatoms. The topological polar surface area (TPSA) is 80.9 Å². The first-order valence-corrected chi connectivity index (χ1v) is 6.99. The molecule has 0 bridgehead atoms. The molecule has 0 unspecified atom stereocenters. The molecule has 1 amide bonds. The zero-order valence-corrected chi connectivity index (χ0v) is 13.6. The largest absolute Gasteiger partial charge is 0.327 e. The van der Waals surface area contributed by atoms with Crippen molar-refractivity contribution in [1.82, 2.24) is 9.97 Å². The number of nitrogens with zero attached hydrogens (tertiary/aromatic N) is 2. The summed E-state index contributed by atoms with van der Waals surface area (Å²) < 4.78 is 0. The van der Waals surface area contributed by atoms with Crippen LogP contribution in [-0.2, 0) is 12.8 Å². The smallest absolute Gasteiger partial charge is 0.259 e. The number of rotatable bonds is 2. The van der Waals surface area contributed by atoms with Crippen LogP contribution in [0.2, 0.25) is 0 Å². The van der Waals surface area contributed by atoms with Crippen molar-refractivity contribution in [3.8, 4) is 0 Å². The number of anilines is 1. The van der Waals surface area contributed by atoms with E-state index in [4.69, 9.17) is 5.73 Å². The Kier molecular flexibility index (Phi) is 6.54. The first-order valence-electron chi connectivity index (χ1n) is 6.18. The van der Waals surface area contributed by atoms with E-state index in [9.17, 15) is 4.79 Å². The Morgan fingerprint density at radius 2 is 2.24 bits per heavy atom. The Labute approximate surface area is 139 Å². The normalized spacial score (nSPS) is 16.1. The summed E-state index contributed by atoms with van der Waals surface area (Å²) in [7, 11) is 0. The third kappa shape index (κ3) is 4.14. The average molecular weight is 347 g/mol. The minimum Gasteiger partial charge on any atom is -0.327 e. The van der Waals surface area contributed by atoms with Gasteiger partial charge >= 0.3 is 0 Å². The Hall–Kier alpha value is -1.21. The highest BCUT2D eigenvalue weighted by atomic mass is 35.5. The molecule has 0 aromatic carbocycles. The molecule has 0 saturated heterocycles. The number of aromatic nitrogens is 2. The summed E-state index contributed by atoms with van der Waals surface area (Å²) in [5.41, 5.74) is 7.55. The number of thiazole rings is 1. The van der Waals surface area contributed by atoms with Crippen molar-refractivity contribution in [2.75, 3.05) is 5.32 Å². The maximum Gasteiger partial charge on any atom is 0.259 e. The molecule has 5 nitrogen and oxygen atoms in total. The molecule has 21 heavy (non-hydrogen) atoms. The summed E-state index contributed by atoms with van der Waals surface area (Å²) in [6.45, 7) is 0. The van der Waals surface area contributed by atoms with Crippen LogP contribution in [0.4, 0.5) is 5.13 Å². The standard InChI is InChI=1S/C13H14N4OS.2ClH/c14-9-3-4-10-11(6-9)19-13(16-10)17-12(18)8-2-1-5-15-7-8;;/h1-2,5,7,9H,3-4,6,14H2,(H,16,17,18);2*1H/t9-;;/m0../s1. The van der Waals surface area contributed by atoms with Gasteiger partial charge < -0.3 is 5.73 Å². The average Bonchev–Trinajstić information content (AvgIpc) is 2.81. The summed E-state index contributed by atoms with van der Waals surface area (Å²) in [6.07, 6.45) is 5.90. The number of fused-ring (bicyclic) bond motifs is 1. The van der Waals surface area contributed by atoms with Gasteiger partial charge in [0.15, 0.2) is 5.13 Å². The Balaban J connectivity index is 0.00000110. The van der Waals surface area contributed by atoms with E-state index in [2.05, 4.69) is 15.3 Å². The molecule has 3 rings (SSSR count). The van der Waals surface area contributed by atoms with Gasteiger partial charge in [0.2, 0.25) is 0 Å². The van der Waals surface area contributed by atoms with Gasteiger partial charge in [0, 0.05) is 23.3 Å². The molecule has 3 N–H and O–H groups in total. The molecule has 2 aromatic heterocycles. The number of amides is 1. The minimum atomic E-state index is -0.177. The monoisotopic (exact) mass is 346 g/mol. The zero-order chi connectivity index (χ0) is 13.2. The highest BCUT2D eigenvalue weighted by Gasteiger charge is 2.20. The highest BCUT2D eigenvalue weighted by Crippen LogP contribution is 2.29. The first-order chi connectivity index (χ1) is 9.22. The van der Waals surface area contributed by atoms with Crippen LogP contribution >= 0.6 is 36.2 Å². The fourth-order valence-electron chi connectivity index (χ4n) is 2.12. The molecule has 0 aliphatic heterocycles. The molecule has 0 saturated carbocycles. The number of aryl methyl sites for hydroxylation is 1. The van der Waals surface area contributed by atoms with E-state index in [0.29, 0.717) is 10.7 Å². The maximum atomic E-state index is 12.0. The molecular weight excluding hydrogens is 331 g/mol. The lowest BCUT2D eigenvalue weighted by molar-refractivity contribution is 0.102. The third-order valence-corrected chi connectivity index (χ3v) is 4.16. The fraction of sp³-hybridized carbons (Fsp3) is 0.308. The predicted molar refractivity (Wildman–Crippen MR) is 88.8 cm³/mol. The fourth-order valence-corrected chi connectivity index (χ4v) is 3.22. The lowest BCUT2D eigenvalue weighted by Crippen LogP contribution is -2.27. The minimum absolute atomic E-state index is 0. The van der Waals surface area contributed by atoms with E-state index < -0.39 is 0 Å². The number of nitrogens with two attached hydrogens (primary N) is 1. The lowest BCUT2D eigenvalue weighted by atomic mass is 9.99. The van der Waals surface area contributed by atoms with E-state index in [1.165, 1.54) is 16.2 Å². The second-order valence-electron chi connectivity index (χ2n) is 4.59. The SMILES string of the molecule is Cl.Cl.N[C@H]1CCc2nc(NC(=O)c3cccnc3)sc2C1. The first kappa shape index (κ1) is 17.8. The van der Waals surface area contributed by atoms with Crippen molar-refractivity contribution in [2.45, 2.75) is 25.3 Å². The number of hydrogen-bond donors (Lipinski definition) is 2. The highest BCUT2D eigenvalue weighted by molar-refractivity contribution is 7.15. The Bertz CT molecular complexity index is 605. The number of hydrogen-bond acceptors (Lipinski definition) is 5. The van der Waals surface area contributed by atoms with Crippen molar-refractivity contribution in [3.05, 3.63) is 40.7 Å². The van der Waals surface area contributed by atoms with E-state index in [-0.39, 0.29) is 36.8 Å². The van der Waals surface area contributed by atoms with E-state index in [1.807, 2.05) is 0 Å². The van der Waals surface area contributed by atoms with Crippen LogP contribution in [0.25, 0.3) is 0 Å². The predicted octanol–water partition coefficient (Wildman–Crippen LogP) is 2.45. The Morgan fingerprint density at radius 3 is 2.95 bits per heavy atom. The van der Waals surface area contributed by atoms with Crippen molar-refractivity contribution >= 4 is 47.2 Å². The molecular formula is C13H16Cl2N4OS. The van der Waals surface area contributed by atoms with Gasteiger partial charge in [-0.2, -0.15) is 0 Å². The second kappa shape index (κ2) is 7.70. The van der Waals surface area contributed by atoms with Crippen LogP contribution < -0.4 is 11.1 Å².